The van der Waals surface area contributed by atoms with Gasteiger partial charge in [-0.05, 0) is 28.4 Å². The lowest BCUT2D eigenvalue weighted by Crippen LogP contribution is -2.05. The molecular weight excluding hydrogens is 287 g/mol. The Morgan fingerprint density at radius 1 is 1.40 bits per heavy atom. The van der Waals surface area contributed by atoms with Gasteiger partial charge in [0.05, 0.1) is 12.1 Å². The number of methoxy groups -OCH3 is 1. The normalized spacial score (nSPS) is 10.1. The first-order valence-electron chi connectivity index (χ1n) is 3.89. The minimum absolute atomic E-state index is 0.0000694. The molecule has 0 spiro atoms. The number of halogens is 2. The van der Waals surface area contributed by atoms with E-state index in [1.54, 1.807) is 0 Å². The second-order valence-electron chi connectivity index (χ2n) is 2.82. The molecule has 6 heteroatoms. The molecule has 0 heterocycles. The van der Waals surface area contributed by atoms with Gasteiger partial charge in [-0.25, -0.2) is 4.79 Å². The van der Waals surface area contributed by atoms with Gasteiger partial charge in [0, 0.05) is 0 Å². The molecule has 15 heavy (non-hydrogen) atoms. The van der Waals surface area contributed by atoms with E-state index in [1.807, 2.05) is 0 Å². The predicted octanol–water partition coefficient (Wildman–Crippen LogP) is 2.61. The zero-order valence-electron chi connectivity index (χ0n) is 7.97. The Labute approximate surface area is 99.6 Å². The summed E-state index contributed by atoms with van der Waals surface area (Å²) in [6, 6.07) is 0. The number of benzene rings is 1. The van der Waals surface area contributed by atoms with Crippen LogP contribution in [0.4, 0.5) is 0 Å². The number of phenols is 2. The second-order valence-corrected chi connectivity index (χ2v) is 3.99. The van der Waals surface area contributed by atoms with Crippen LogP contribution in [0.5, 0.6) is 11.5 Å². The lowest BCUT2D eigenvalue weighted by atomic mass is 10.1. The zero-order valence-corrected chi connectivity index (χ0v) is 10.3. The van der Waals surface area contributed by atoms with Crippen LogP contribution in [0.2, 0.25) is 5.02 Å². The van der Waals surface area contributed by atoms with Crippen LogP contribution in [0.25, 0.3) is 0 Å². The van der Waals surface area contributed by atoms with Crippen molar-refractivity contribution in [1.82, 2.24) is 0 Å². The van der Waals surface area contributed by atoms with Gasteiger partial charge in [-0.15, -0.1) is 0 Å². The highest BCUT2D eigenvalue weighted by Gasteiger charge is 2.23. The molecule has 1 aromatic rings. The molecule has 0 radical (unpaired) electrons. The summed E-state index contributed by atoms with van der Waals surface area (Å²) >= 11 is 8.68. The molecule has 0 aliphatic carbocycles. The van der Waals surface area contributed by atoms with Crippen molar-refractivity contribution in [2.45, 2.75) is 6.92 Å². The fourth-order valence-electron chi connectivity index (χ4n) is 1.14. The Morgan fingerprint density at radius 2 is 1.93 bits per heavy atom. The highest BCUT2D eigenvalue weighted by Crippen LogP contribution is 2.44. The molecule has 4 nitrogen and oxygen atoms in total. The Bertz CT molecular complexity index is 402. The third-order valence-corrected chi connectivity index (χ3v) is 3.17. The summed E-state index contributed by atoms with van der Waals surface area (Å²) in [5.41, 5.74) is 0.203. The van der Waals surface area contributed by atoms with Gasteiger partial charge < -0.3 is 14.9 Å². The van der Waals surface area contributed by atoms with Gasteiger partial charge in [-0.1, -0.05) is 11.6 Å². The first-order chi connectivity index (χ1) is 6.91. The molecule has 2 N–H and O–H groups in total. The summed E-state index contributed by atoms with van der Waals surface area (Å²) in [4.78, 5) is 11.3. The molecule has 82 valence electrons. The van der Waals surface area contributed by atoms with Crippen molar-refractivity contribution in [3.63, 3.8) is 0 Å². The zero-order chi connectivity index (χ0) is 11.7. The molecule has 0 fully saturated rings. The number of aromatic hydroxyl groups is 2. The minimum Gasteiger partial charge on any atom is -0.506 e. The van der Waals surface area contributed by atoms with Crippen molar-refractivity contribution in [2.24, 2.45) is 0 Å². The molecule has 0 atom stereocenters. The Kier molecular flexibility index (Phi) is 3.46. The largest absolute Gasteiger partial charge is 0.506 e. The van der Waals surface area contributed by atoms with Crippen LogP contribution >= 0.6 is 27.5 Å². The van der Waals surface area contributed by atoms with E-state index >= 15 is 0 Å². The third-order valence-electron chi connectivity index (χ3n) is 1.95. The summed E-state index contributed by atoms with van der Waals surface area (Å²) in [6.45, 7) is 1.50. The quantitative estimate of drug-likeness (QED) is 0.782. The van der Waals surface area contributed by atoms with Crippen LogP contribution in [0.1, 0.15) is 15.9 Å². The first-order valence-corrected chi connectivity index (χ1v) is 5.06. The summed E-state index contributed by atoms with van der Waals surface area (Å²) in [6.07, 6.45) is 0. The van der Waals surface area contributed by atoms with E-state index in [0.29, 0.717) is 0 Å². The van der Waals surface area contributed by atoms with Gasteiger partial charge >= 0.3 is 5.97 Å². The van der Waals surface area contributed by atoms with Crippen molar-refractivity contribution < 1.29 is 19.7 Å². The van der Waals surface area contributed by atoms with Crippen molar-refractivity contribution in [3.8, 4) is 11.5 Å². The van der Waals surface area contributed by atoms with Gasteiger partial charge in [-0.3, -0.25) is 0 Å². The predicted molar refractivity (Wildman–Crippen MR) is 58.6 cm³/mol. The standard InChI is InChI=1S/C9H8BrClO4/c1-3-4(9(14)15-2)7(12)5(10)8(13)6(3)11/h12-13H,1-2H3. The molecule has 0 unspecified atom stereocenters. The van der Waals surface area contributed by atoms with E-state index in [0.717, 1.165) is 0 Å². The lowest BCUT2D eigenvalue weighted by Gasteiger charge is -2.11. The summed E-state index contributed by atoms with van der Waals surface area (Å²) in [5, 5.41) is 19.1. The van der Waals surface area contributed by atoms with Crippen LogP contribution in [-0.2, 0) is 4.74 Å². The Morgan fingerprint density at radius 3 is 2.40 bits per heavy atom. The van der Waals surface area contributed by atoms with Crippen molar-refractivity contribution >= 4 is 33.5 Å². The molecule has 0 saturated heterocycles. The van der Waals surface area contributed by atoms with Gasteiger partial charge in [-0.2, -0.15) is 0 Å². The van der Waals surface area contributed by atoms with Crippen LogP contribution in [0, 0.1) is 6.92 Å². The van der Waals surface area contributed by atoms with Crippen molar-refractivity contribution in [1.29, 1.82) is 0 Å². The molecule has 0 aliphatic rings. The topological polar surface area (TPSA) is 66.8 Å². The lowest BCUT2D eigenvalue weighted by molar-refractivity contribution is 0.0596. The molecule has 0 bridgehead atoms. The number of carbonyl (C=O) groups excluding carboxylic acids is 1. The van der Waals surface area contributed by atoms with E-state index in [9.17, 15) is 15.0 Å². The van der Waals surface area contributed by atoms with E-state index in [2.05, 4.69) is 20.7 Å². The average Bonchev–Trinajstić information content (AvgIpc) is 2.23. The number of rotatable bonds is 1. The van der Waals surface area contributed by atoms with Crippen molar-refractivity contribution in [3.05, 3.63) is 20.6 Å². The molecule has 0 aromatic heterocycles. The van der Waals surface area contributed by atoms with Crippen LogP contribution < -0.4 is 0 Å². The van der Waals surface area contributed by atoms with Crippen molar-refractivity contribution in [2.75, 3.05) is 7.11 Å². The van der Waals surface area contributed by atoms with Gasteiger partial charge in [0.25, 0.3) is 0 Å². The maximum absolute atomic E-state index is 11.3. The summed E-state index contributed by atoms with van der Waals surface area (Å²) in [7, 11) is 1.19. The first kappa shape index (κ1) is 12.1. The SMILES string of the molecule is COC(=O)c1c(C)c(Cl)c(O)c(Br)c1O. The van der Waals surface area contributed by atoms with E-state index in [4.69, 9.17) is 11.6 Å². The molecular formula is C9H8BrClO4. The highest BCUT2D eigenvalue weighted by atomic mass is 79.9. The number of ether oxygens (including phenoxy) is 1. The van der Waals surface area contributed by atoms with Gasteiger partial charge in [0.1, 0.15) is 15.8 Å². The van der Waals surface area contributed by atoms with Gasteiger partial charge in [0.15, 0.2) is 5.75 Å². The minimum atomic E-state index is -0.715. The molecule has 1 aromatic carbocycles. The Balaban J connectivity index is 3.60. The number of hydrogen-bond donors (Lipinski definition) is 2. The number of phenolic OH excluding ortho intramolecular Hbond substituents is 2. The molecule has 0 amide bonds. The number of carbonyl (C=O) groups is 1. The number of esters is 1. The van der Waals surface area contributed by atoms with Crippen LogP contribution in [-0.4, -0.2) is 23.3 Å². The number of hydrogen-bond acceptors (Lipinski definition) is 4. The summed E-state index contributed by atoms with van der Waals surface area (Å²) in [5.74, 6) is -1.41. The van der Waals surface area contributed by atoms with Gasteiger partial charge in [0.2, 0.25) is 0 Å². The monoisotopic (exact) mass is 294 g/mol. The van der Waals surface area contributed by atoms with Crippen LogP contribution in [0.3, 0.4) is 0 Å². The fourth-order valence-corrected chi connectivity index (χ4v) is 1.83. The van der Waals surface area contributed by atoms with Crippen LogP contribution in [0.15, 0.2) is 4.47 Å². The second kappa shape index (κ2) is 4.28. The maximum Gasteiger partial charge on any atom is 0.342 e. The van der Waals surface area contributed by atoms with E-state index in [-0.39, 0.29) is 32.1 Å². The average molecular weight is 296 g/mol. The fraction of sp³-hybridized carbons (Fsp3) is 0.222. The molecule has 0 saturated carbocycles. The summed E-state index contributed by atoms with van der Waals surface area (Å²) < 4.78 is 4.46. The van der Waals surface area contributed by atoms with E-state index < -0.39 is 5.97 Å². The maximum atomic E-state index is 11.3. The highest BCUT2D eigenvalue weighted by molar-refractivity contribution is 9.10. The smallest absolute Gasteiger partial charge is 0.342 e. The Hall–Kier alpha value is -0.940. The molecule has 0 aliphatic heterocycles. The third kappa shape index (κ3) is 1.89. The van der Waals surface area contributed by atoms with E-state index in [1.165, 1.54) is 14.0 Å². The molecule has 1 rings (SSSR count).